The lowest BCUT2D eigenvalue weighted by Gasteiger charge is -2.23. The van der Waals surface area contributed by atoms with Crippen LogP contribution in [0, 0.1) is 0 Å². The van der Waals surface area contributed by atoms with Crippen LogP contribution in [0.25, 0.3) is 11.6 Å². The van der Waals surface area contributed by atoms with Crippen molar-refractivity contribution in [2.45, 2.75) is 25.0 Å². The zero-order valence-corrected chi connectivity index (χ0v) is 20.1. The first-order valence-corrected chi connectivity index (χ1v) is 12.4. The van der Waals surface area contributed by atoms with Crippen molar-refractivity contribution in [3.63, 3.8) is 0 Å². The first-order chi connectivity index (χ1) is 16.7. The highest BCUT2D eigenvalue weighted by Crippen LogP contribution is 2.25. The smallest absolute Gasteiger partial charge is 0.230 e. The molecule has 7 nitrogen and oxygen atoms in total. The maximum absolute atomic E-state index is 12.5. The van der Waals surface area contributed by atoms with E-state index in [0.29, 0.717) is 29.8 Å². The fraction of sp³-hybridized carbons (Fsp3) is 0.269. The summed E-state index contributed by atoms with van der Waals surface area (Å²) in [7, 11) is 0. The molecule has 176 valence electrons. The van der Waals surface area contributed by atoms with Crippen LogP contribution in [0.4, 0.5) is 5.69 Å². The van der Waals surface area contributed by atoms with Crippen LogP contribution in [0.15, 0.2) is 88.6 Å². The van der Waals surface area contributed by atoms with E-state index >= 15 is 0 Å². The van der Waals surface area contributed by atoms with Crippen LogP contribution < -0.4 is 10.2 Å². The molecule has 0 atom stereocenters. The van der Waals surface area contributed by atoms with Crippen LogP contribution in [0.1, 0.15) is 18.9 Å². The van der Waals surface area contributed by atoms with Gasteiger partial charge in [-0.05, 0) is 43.2 Å². The highest BCUT2D eigenvalue weighted by molar-refractivity contribution is 7.99. The number of furan rings is 1. The first kappa shape index (κ1) is 23.6. The number of benzene rings is 2. The van der Waals surface area contributed by atoms with E-state index in [1.54, 1.807) is 6.26 Å². The van der Waals surface area contributed by atoms with Gasteiger partial charge in [0.2, 0.25) is 11.7 Å². The molecule has 0 radical (unpaired) electrons. The summed E-state index contributed by atoms with van der Waals surface area (Å²) in [6.07, 6.45) is 2.50. The van der Waals surface area contributed by atoms with Gasteiger partial charge in [-0.1, -0.05) is 60.3 Å². The standard InChI is InChI=1S/C26H29N5O2S/c1-2-30(22-13-7-4-8-14-22)17-10-16-27-24(32)20-34-26-29-28-25(23-15-9-18-33-23)31(26)19-21-11-5-3-6-12-21/h3-9,11-15,18H,2,10,16-17,19-20H2,1H3,(H,27,32). The lowest BCUT2D eigenvalue weighted by molar-refractivity contribution is -0.118. The Morgan fingerprint density at radius 1 is 1.03 bits per heavy atom. The third-order valence-electron chi connectivity index (χ3n) is 5.40. The zero-order valence-electron chi connectivity index (χ0n) is 19.3. The largest absolute Gasteiger partial charge is 0.461 e. The molecule has 0 aliphatic heterocycles. The third kappa shape index (κ3) is 6.29. The Morgan fingerprint density at radius 2 is 1.79 bits per heavy atom. The molecule has 0 unspecified atom stereocenters. The summed E-state index contributed by atoms with van der Waals surface area (Å²) in [6, 6.07) is 24.1. The molecule has 1 amide bonds. The molecule has 4 aromatic rings. The van der Waals surface area contributed by atoms with Crippen LogP contribution >= 0.6 is 11.8 Å². The Bertz CT molecular complexity index is 1150. The lowest BCUT2D eigenvalue weighted by atomic mass is 10.2. The van der Waals surface area contributed by atoms with Gasteiger partial charge >= 0.3 is 0 Å². The van der Waals surface area contributed by atoms with Crippen molar-refractivity contribution in [2.75, 3.05) is 30.3 Å². The van der Waals surface area contributed by atoms with E-state index in [1.165, 1.54) is 17.4 Å². The molecular formula is C26H29N5O2S. The van der Waals surface area contributed by atoms with Gasteiger partial charge in [-0.25, -0.2) is 0 Å². The molecular weight excluding hydrogens is 446 g/mol. The van der Waals surface area contributed by atoms with E-state index in [0.717, 1.165) is 25.1 Å². The summed E-state index contributed by atoms with van der Waals surface area (Å²) < 4.78 is 7.54. The van der Waals surface area contributed by atoms with Gasteiger partial charge in [0, 0.05) is 25.3 Å². The highest BCUT2D eigenvalue weighted by atomic mass is 32.2. The van der Waals surface area contributed by atoms with E-state index in [9.17, 15) is 4.79 Å². The number of carbonyl (C=O) groups excluding carboxylic acids is 1. The number of carbonyl (C=O) groups is 1. The number of amides is 1. The van der Waals surface area contributed by atoms with Crippen LogP contribution in [0.3, 0.4) is 0 Å². The molecule has 0 saturated heterocycles. The van der Waals surface area contributed by atoms with Crippen LogP contribution in [-0.4, -0.2) is 46.1 Å². The minimum Gasteiger partial charge on any atom is -0.461 e. The van der Waals surface area contributed by atoms with Crippen molar-refractivity contribution in [1.82, 2.24) is 20.1 Å². The van der Waals surface area contributed by atoms with Gasteiger partial charge in [0.1, 0.15) is 0 Å². The minimum absolute atomic E-state index is 0.0124. The monoisotopic (exact) mass is 475 g/mol. The molecule has 0 saturated carbocycles. The number of rotatable bonds is 12. The first-order valence-electron chi connectivity index (χ1n) is 11.4. The van der Waals surface area contributed by atoms with Crippen LogP contribution in [0.2, 0.25) is 0 Å². The number of anilines is 1. The molecule has 34 heavy (non-hydrogen) atoms. The minimum atomic E-state index is -0.0124. The average Bonchev–Trinajstić information content (AvgIpc) is 3.54. The van der Waals surface area contributed by atoms with Crippen molar-refractivity contribution in [3.8, 4) is 11.6 Å². The summed E-state index contributed by atoms with van der Waals surface area (Å²) in [4.78, 5) is 14.8. The molecule has 2 heterocycles. The summed E-state index contributed by atoms with van der Waals surface area (Å²) in [5.41, 5.74) is 2.33. The number of hydrogen-bond acceptors (Lipinski definition) is 6. The van der Waals surface area contributed by atoms with Crippen molar-refractivity contribution in [3.05, 3.63) is 84.6 Å². The molecule has 0 spiro atoms. The third-order valence-corrected chi connectivity index (χ3v) is 6.37. The molecule has 0 aliphatic rings. The average molecular weight is 476 g/mol. The molecule has 0 fully saturated rings. The molecule has 2 aromatic heterocycles. The maximum Gasteiger partial charge on any atom is 0.230 e. The van der Waals surface area contributed by atoms with Crippen molar-refractivity contribution in [1.29, 1.82) is 0 Å². The number of nitrogens with one attached hydrogen (secondary N) is 1. The van der Waals surface area contributed by atoms with Gasteiger partial charge in [-0.2, -0.15) is 0 Å². The van der Waals surface area contributed by atoms with Crippen LogP contribution in [0.5, 0.6) is 0 Å². The Kier molecular flexibility index (Phi) is 8.40. The fourth-order valence-corrected chi connectivity index (χ4v) is 4.45. The number of thioether (sulfide) groups is 1. The predicted molar refractivity (Wildman–Crippen MR) is 136 cm³/mol. The van der Waals surface area contributed by atoms with Gasteiger partial charge < -0.3 is 14.6 Å². The second-order valence-electron chi connectivity index (χ2n) is 7.76. The van der Waals surface area contributed by atoms with Gasteiger partial charge in [-0.3, -0.25) is 9.36 Å². The van der Waals surface area contributed by atoms with E-state index < -0.39 is 0 Å². The fourth-order valence-electron chi connectivity index (χ4n) is 3.68. The Balaban J connectivity index is 1.31. The number of para-hydroxylation sites is 1. The topological polar surface area (TPSA) is 76.2 Å². The zero-order chi connectivity index (χ0) is 23.6. The molecule has 0 bridgehead atoms. The van der Waals surface area contributed by atoms with E-state index in [1.807, 2.05) is 53.1 Å². The SMILES string of the molecule is CCN(CCCNC(=O)CSc1nnc(-c2ccco2)n1Cc1ccccc1)c1ccccc1. The van der Waals surface area contributed by atoms with Crippen molar-refractivity contribution >= 4 is 23.4 Å². The van der Waals surface area contributed by atoms with E-state index in [2.05, 4.69) is 51.6 Å². The molecule has 2 aromatic carbocycles. The number of hydrogen-bond donors (Lipinski definition) is 1. The molecule has 0 aliphatic carbocycles. The molecule has 4 rings (SSSR count). The van der Waals surface area contributed by atoms with Crippen LogP contribution in [-0.2, 0) is 11.3 Å². The van der Waals surface area contributed by atoms with Gasteiger partial charge in [0.05, 0.1) is 18.6 Å². The number of aromatic nitrogens is 3. The summed E-state index contributed by atoms with van der Waals surface area (Å²) in [6.45, 7) is 5.21. The second kappa shape index (κ2) is 12.1. The second-order valence-corrected chi connectivity index (χ2v) is 8.71. The lowest BCUT2D eigenvalue weighted by Crippen LogP contribution is -2.30. The summed E-state index contributed by atoms with van der Waals surface area (Å²) >= 11 is 1.38. The summed E-state index contributed by atoms with van der Waals surface area (Å²) in [5, 5.41) is 12.4. The Morgan fingerprint density at radius 3 is 2.50 bits per heavy atom. The quantitative estimate of drug-likeness (QED) is 0.236. The van der Waals surface area contributed by atoms with Gasteiger partial charge in [0.15, 0.2) is 10.9 Å². The Hall–Kier alpha value is -3.52. The Labute approximate surface area is 204 Å². The highest BCUT2D eigenvalue weighted by Gasteiger charge is 2.17. The van der Waals surface area contributed by atoms with Gasteiger partial charge in [-0.15, -0.1) is 10.2 Å². The normalized spacial score (nSPS) is 10.9. The van der Waals surface area contributed by atoms with E-state index in [-0.39, 0.29) is 11.7 Å². The van der Waals surface area contributed by atoms with Crippen molar-refractivity contribution < 1.29 is 9.21 Å². The predicted octanol–water partition coefficient (Wildman–Crippen LogP) is 4.71. The van der Waals surface area contributed by atoms with Gasteiger partial charge in [0.25, 0.3) is 0 Å². The van der Waals surface area contributed by atoms with Crippen molar-refractivity contribution in [2.24, 2.45) is 0 Å². The maximum atomic E-state index is 12.5. The van der Waals surface area contributed by atoms with E-state index in [4.69, 9.17) is 4.42 Å². The summed E-state index contributed by atoms with van der Waals surface area (Å²) in [5.74, 6) is 1.57. The number of nitrogens with zero attached hydrogens (tertiary/aromatic N) is 4. The molecule has 8 heteroatoms. The molecule has 1 N–H and O–H groups in total.